The van der Waals surface area contributed by atoms with Gasteiger partial charge in [-0.15, -0.1) is 0 Å². The van der Waals surface area contributed by atoms with Gasteiger partial charge in [-0.3, -0.25) is 0 Å². The van der Waals surface area contributed by atoms with Crippen LogP contribution in [0, 0.1) is 10.8 Å². The largest absolute Gasteiger partial charge is 0.488 e. The molecular formula is C31H48O. The summed E-state index contributed by atoms with van der Waals surface area (Å²) < 4.78 is 6.85. The molecule has 0 fully saturated rings. The van der Waals surface area contributed by atoms with E-state index in [-0.39, 0.29) is 16.4 Å². The fourth-order valence-corrected chi connectivity index (χ4v) is 4.73. The predicted octanol–water partition coefficient (Wildman–Crippen LogP) is 8.76. The maximum absolute atomic E-state index is 6.85. The van der Waals surface area contributed by atoms with Crippen molar-refractivity contribution in [2.45, 2.75) is 114 Å². The quantitative estimate of drug-likeness (QED) is 0.421. The lowest BCUT2D eigenvalue weighted by atomic mass is 9.76. The second-order valence-electron chi connectivity index (χ2n) is 12.8. The summed E-state index contributed by atoms with van der Waals surface area (Å²) in [5, 5.41) is 0. The third-order valence-corrected chi connectivity index (χ3v) is 5.76. The van der Waals surface area contributed by atoms with Gasteiger partial charge in [0.25, 0.3) is 0 Å². The van der Waals surface area contributed by atoms with E-state index in [9.17, 15) is 0 Å². The van der Waals surface area contributed by atoms with Crippen molar-refractivity contribution in [3.8, 4) is 5.75 Å². The van der Waals surface area contributed by atoms with E-state index in [1.165, 1.54) is 33.6 Å². The standard InChI is InChI=1S/C31H48O/c1-12-23-25(19-22-17-15-14-16-18-22)24(13-2)27(21-30(6,7)8)28(32-31(9,10)11)26(23)20-29(3,4)5/h14-18H,12-13,19-21H2,1-11H3. The molecule has 0 radical (unpaired) electrons. The minimum atomic E-state index is -0.226. The van der Waals surface area contributed by atoms with E-state index in [2.05, 4.69) is 106 Å². The summed E-state index contributed by atoms with van der Waals surface area (Å²) in [6, 6.07) is 11.0. The van der Waals surface area contributed by atoms with Crippen molar-refractivity contribution in [2.24, 2.45) is 10.8 Å². The molecule has 0 amide bonds. The molecule has 0 unspecified atom stereocenters. The summed E-state index contributed by atoms with van der Waals surface area (Å²) >= 11 is 0. The fourth-order valence-electron chi connectivity index (χ4n) is 4.73. The Morgan fingerprint density at radius 2 is 1.03 bits per heavy atom. The van der Waals surface area contributed by atoms with Crippen molar-refractivity contribution in [1.29, 1.82) is 0 Å². The third-order valence-electron chi connectivity index (χ3n) is 5.76. The van der Waals surface area contributed by atoms with Gasteiger partial charge in [0.2, 0.25) is 0 Å². The molecule has 0 bridgehead atoms. The molecule has 0 aliphatic heterocycles. The molecular weight excluding hydrogens is 388 g/mol. The van der Waals surface area contributed by atoms with E-state index >= 15 is 0 Å². The van der Waals surface area contributed by atoms with Crippen LogP contribution in [0.3, 0.4) is 0 Å². The number of hydrogen-bond donors (Lipinski definition) is 0. The monoisotopic (exact) mass is 436 g/mol. The minimum Gasteiger partial charge on any atom is -0.488 e. The number of rotatable bonds is 7. The number of ether oxygens (including phenoxy) is 1. The van der Waals surface area contributed by atoms with Gasteiger partial charge in [-0.2, -0.15) is 0 Å². The molecule has 2 aromatic carbocycles. The first kappa shape index (κ1) is 26.5. The zero-order valence-corrected chi connectivity index (χ0v) is 22.8. The van der Waals surface area contributed by atoms with Gasteiger partial charge in [-0.05, 0) is 97.1 Å². The zero-order valence-electron chi connectivity index (χ0n) is 22.8. The van der Waals surface area contributed by atoms with E-state index in [0.717, 1.165) is 32.1 Å². The summed E-state index contributed by atoms with van der Waals surface area (Å²) in [4.78, 5) is 0. The smallest absolute Gasteiger partial charge is 0.127 e. The second-order valence-corrected chi connectivity index (χ2v) is 12.8. The van der Waals surface area contributed by atoms with E-state index in [4.69, 9.17) is 4.74 Å². The average molecular weight is 437 g/mol. The van der Waals surface area contributed by atoms with Crippen LogP contribution in [0.15, 0.2) is 30.3 Å². The minimum absolute atomic E-state index is 0.191. The highest BCUT2D eigenvalue weighted by Crippen LogP contribution is 2.43. The molecule has 0 saturated carbocycles. The topological polar surface area (TPSA) is 9.23 Å². The lowest BCUT2D eigenvalue weighted by Gasteiger charge is -2.34. The van der Waals surface area contributed by atoms with Crippen LogP contribution in [0.4, 0.5) is 0 Å². The first-order valence-electron chi connectivity index (χ1n) is 12.6. The summed E-state index contributed by atoms with van der Waals surface area (Å²) in [5.41, 5.74) is 9.00. The van der Waals surface area contributed by atoms with Crippen LogP contribution in [0.1, 0.15) is 110 Å². The van der Waals surface area contributed by atoms with E-state index in [1.54, 1.807) is 5.56 Å². The third kappa shape index (κ3) is 7.39. The van der Waals surface area contributed by atoms with E-state index in [1.807, 2.05) is 0 Å². The van der Waals surface area contributed by atoms with Gasteiger partial charge in [0.1, 0.15) is 11.4 Å². The lowest BCUT2D eigenvalue weighted by molar-refractivity contribution is 0.125. The van der Waals surface area contributed by atoms with E-state index in [0.29, 0.717) is 0 Å². The van der Waals surface area contributed by atoms with Crippen molar-refractivity contribution in [1.82, 2.24) is 0 Å². The molecule has 32 heavy (non-hydrogen) atoms. The van der Waals surface area contributed by atoms with Gasteiger partial charge in [-0.25, -0.2) is 0 Å². The SMILES string of the molecule is CCc1c(Cc2ccccc2)c(CC)c(CC(C)(C)C)c(OC(C)(C)C)c1CC(C)(C)C. The van der Waals surface area contributed by atoms with Crippen LogP contribution in [-0.2, 0) is 32.1 Å². The fraction of sp³-hybridized carbons (Fsp3) is 0.613. The maximum atomic E-state index is 6.85. The molecule has 1 heteroatoms. The highest BCUT2D eigenvalue weighted by Gasteiger charge is 2.30. The molecule has 178 valence electrons. The Kier molecular flexibility index (Phi) is 8.30. The van der Waals surface area contributed by atoms with Crippen molar-refractivity contribution >= 4 is 0 Å². The first-order chi connectivity index (χ1) is 14.6. The lowest BCUT2D eigenvalue weighted by Crippen LogP contribution is -2.28. The molecule has 0 saturated heterocycles. The van der Waals surface area contributed by atoms with E-state index < -0.39 is 0 Å². The molecule has 0 aromatic heterocycles. The van der Waals surface area contributed by atoms with Crippen LogP contribution in [-0.4, -0.2) is 5.60 Å². The Labute approximate surface area is 199 Å². The maximum Gasteiger partial charge on any atom is 0.127 e. The number of hydrogen-bond acceptors (Lipinski definition) is 1. The zero-order chi connectivity index (χ0) is 24.3. The summed E-state index contributed by atoms with van der Waals surface area (Å²) in [6.45, 7) is 25.3. The summed E-state index contributed by atoms with van der Waals surface area (Å²) in [6.07, 6.45) is 5.14. The van der Waals surface area contributed by atoms with Crippen molar-refractivity contribution < 1.29 is 4.74 Å². The van der Waals surface area contributed by atoms with Crippen LogP contribution in [0.2, 0.25) is 0 Å². The number of benzene rings is 2. The van der Waals surface area contributed by atoms with Gasteiger partial charge in [-0.1, -0.05) is 85.7 Å². The second kappa shape index (κ2) is 10.0. The van der Waals surface area contributed by atoms with Crippen LogP contribution in [0.5, 0.6) is 5.75 Å². The van der Waals surface area contributed by atoms with Gasteiger partial charge in [0.05, 0.1) is 0 Å². The van der Waals surface area contributed by atoms with Gasteiger partial charge >= 0.3 is 0 Å². The van der Waals surface area contributed by atoms with Crippen LogP contribution < -0.4 is 4.74 Å². The average Bonchev–Trinajstić information content (AvgIpc) is 2.63. The predicted molar refractivity (Wildman–Crippen MR) is 141 cm³/mol. The first-order valence-corrected chi connectivity index (χ1v) is 12.6. The molecule has 0 atom stereocenters. The molecule has 0 aliphatic carbocycles. The Balaban J connectivity index is 2.93. The molecule has 2 rings (SSSR count). The molecule has 1 nitrogen and oxygen atoms in total. The van der Waals surface area contributed by atoms with Gasteiger partial charge in [0.15, 0.2) is 0 Å². The summed E-state index contributed by atoms with van der Waals surface area (Å²) in [5.74, 6) is 1.17. The molecule has 0 aliphatic rings. The Morgan fingerprint density at radius 3 is 1.38 bits per heavy atom. The highest BCUT2D eigenvalue weighted by atomic mass is 16.5. The molecule has 2 aromatic rings. The van der Waals surface area contributed by atoms with Crippen molar-refractivity contribution in [2.75, 3.05) is 0 Å². The Morgan fingerprint density at radius 1 is 0.594 bits per heavy atom. The Hall–Kier alpha value is -1.76. The van der Waals surface area contributed by atoms with Crippen LogP contribution in [0.25, 0.3) is 0 Å². The molecule has 0 N–H and O–H groups in total. The van der Waals surface area contributed by atoms with Gasteiger partial charge < -0.3 is 4.74 Å². The molecule has 0 spiro atoms. The van der Waals surface area contributed by atoms with Crippen LogP contribution >= 0.6 is 0 Å². The summed E-state index contributed by atoms with van der Waals surface area (Å²) in [7, 11) is 0. The van der Waals surface area contributed by atoms with Crippen molar-refractivity contribution in [3.05, 3.63) is 63.7 Å². The highest BCUT2D eigenvalue weighted by molar-refractivity contribution is 5.58. The molecule has 0 heterocycles. The Bertz CT molecular complexity index is 838. The van der Waals surface area contributed by atoms with Crippen molar-refractivity contribution in [3.63, 3.8) is 0 Å². The van der Waals surface area contributed by atoms with Gasteiger partial charge in [0, 0.05) is 0 Å². The normalized spacial score (nSPS) is 12.8.